The summed E-state index contributed by atoms with van der Waals surface area (Å²) in [6.07, 6.45) is 1.15. The van der Waals surface area contributed by atoms with Crippen molar-refractivity contribution < 1.29 is 0 Å². The molecule has 0 aromatic heterocycles. The molecule has 0 bridgehead atoms. The summed E-state index contributed by atoms with van der Waals surface area (Å²) in [5.74, 6) is 0. The van der Waals surface area contributed by atoms with Crippen LogP contribution in [0.4, 0.5) is 0 Å². The summed E-state index contributed by atoms with van der Waals surface area (Å²) in [6, 6.07) is 0.577. The van der Waals surface area contributed by atoms with Gasteiger partial charge in [0.2, 0.25) is 0 Å². The highest BCUT2D eigenvalue weighted by molar-refractivity contribution is 4.57. The normalized spacial score (nSPS) is 14.1. The van der Waals surface area contributed by atoms with E-state index in [0.29, 0.717) is 12.7 Å². The molecule has 3 N–H and O–H groups in total. The third-order valence-electron chi connectivity index (χ3n) is 1.76. The first-order valence-corrected chi connectivity index (χ1v) is 3.96. The maximum atomic E-state index is 5.34. The van der Waals surface area contributed by atoms with E-state index in [1.54, 1.807) is 0 Å². The molecule has 1 atom stereocenters. The van der Waals surface area contributed by atoms with Crippen molar-refractivity contribution in [1.29, 1.82) is 0 Å². The van der Waals surface area contributed by atoms with Gasteiger partial charge in [-0.2, -0.15) is 0 Å². The quantitative estimate of drug-likeness (QED) is 0.438. The second-order valence-electron chi connectivity index (χ2n) is 2.41. The number of nitrogens with zero attached hydrogens (tertiary/aromatic N) is 1. The molecule has 0 spiro atoms. The van der Waals surface area contributed by atoms with Gasteiger partial charge in [-0.25, -0.2) is 10.4 Å². The van der Waals surface area contributed by atoms with Crippen molar-refractivity contribution in [2.45, 2.75) is 33.2 Å². The van der Waals surface area contributed by atoms with Crippen molar-refractivity contribution in [3.8, 4) is 0 Å². The topological polar surface area (TPSA) is 41.3 Å². The third kappa shape index (κ3) is 3.15. The summed E-state index contributed by atoms with van der Waals surface area (Å²) < 4.78 is 0. The lowest BCUT2D eigenvalue weighted by Crippen LogP contribution is -2.46. The van der Waals surface area contributed by atoms with Gasteiger partial charge in [0.15, 0.2) is 0 Å². The molecule has 0 aliphatic rings. The van der Waals surface area contributed by atoms with Crippen molar-refractivity contribution in [3.63, 3.8) is 0 Å². The van der Waals surface area contributed by atoms with Gasteiger partial charge in [-0.1, -0.05) is 13.8 Å². The standard InChI is InChI=1S/C7H19N3/c1-4-7(3)10(5-2)9-6-8/h7,9H,4-6,8H2,1-3H3. The molecule has 0 aromatic carbocycles. The smallest absolute Gasteiger partial charge is 0.0567 e. The molecule has 0 saturated heterocycles. The summed E-state index contributed by atoms with van der Waals surface area (Å²) in [4.78, 5) is 0. The van der Waals surface area contributed by atoms with Gasteiger partial charge in [0.05, 0.1) is 6.67 Å². The van der Waals surface area contributed by atoms with Crippen molar-refractivity contribution in [3.05, 3.63) is 0 Å². The van der Waals surface area contributed by atoms with Crippen molar-refractivity contribution in [1.82, 2.24) is 10.4 Å². The summed E-state index contributed by atoms with van der Waals surface area (Å²) in [5.41, 5.74) is 8.44. The predicted molar refractivity (Wildman–Crippen MR) is 44.3 cm³/mol. The number of hydrogen-bond donors (Lipinski definition) is 2. The van der Waals surface area contributed by atoms with Crippen LogP contribution in [0, 0.1) is 0 Å². The third-order valence-corrected chi connectivity index (χ3v) is 1.76. The van der Waals surface area contributed by atoms with E-state index < -0.39 is 0 Å². The van der Waals surface area contributed by atoms with Crippen LogP contribution in [0.15, 0.2) is 0 Å². The minimum absolute atomic E-state index is 0.526. The molecule has 0 aromatic rings. The predicted octanol–water partition coefficient (Wildman–Crippen LogP) is 0.528. The summed E-state index contributed by atoms with van der Waals surface area (Å²) in [7, 11) is 0. The second-order valence-corrected chi connectivity index (χ2v) is 2.41. The zero-order chi connectivity index (χ0) is 7.98. The first-order valence-electron chi connectivity index (χ1n) is 3.96. The molecule has 1 unspecified atom stereocenters. The Morgan fingerprint density at radius 1 is 1.50 bits per heavy atom. The van der Waals surface area contributed by atoms with Crippen LogP contribution in [0.5, 0.6) is 0 Å². The lowest BCUT2D eigenvalue weighted by atomic mass is 10.2. The highest BCUT2D eigenvalue weighted by Gasteiger charge is 2.06. The molecule has 0 amide bonds. The van der Waals surface area contributed by atoms with Gasteiger partial charge < -0.3 is 5.73 Å². The Balaban J connectivity index is 3.56. The van der Waals surface area contributed by atoms with E-state index in [2.05, 4.69) is 31.2 Å². The molecule has 62 valence electrons. The van der Waals surface area contributed by atoms with E-state index >= 15 is 0 Å². The molecule has 10 heavy (non-hydrogen) atoms. The second kappa shape index (κ2) is 5.65. The largest absolute Gasteiger partial charge is 0.317 e. The van der Waals surface area contributed by atoms with E-state index in [4.69, 9.17) is 5.73 Å². The van der Waals surface area contributed by atoms with Crippen LogP contribution < -0.4 is 11.2 Å². The lowest BCUT2D eigenvalue weighted by Gasteiger charge is -2.26. The van der Waals surface area contributed by atoms with E-state index in [1.807, 2.05) is 0 Å². The molecule has 0 aliphatic carbocycles. The van der Waals surface area contributed by atoms with Crippen molar-refractivity contribution in [2.75, 3.05) is 13.2 Å². The van der Waals surface area contributed by atoms with Crippen LogP contribution in [0.3, 0.4) is 0 Å². The fraction of sp³-hybridized carbons (Fsp3) is 1.00. The van der Waals surface area contributed by atoms with Gasteiger partial charge in [0.1, 0.15) is 0 Å². The summed E-state index contributed by atoms with van der Waals surface area (Å²) in [5, 5.41) is 2.15. The number of nitrogens with one attached hydrogen (secondary N) is 1. The Hall–Kier alpha value is -0.120. The Morgan fingerprint density at radius 3 is 2.40 bits per heavy atom. The van der Waals surface area contributed by atoms with Crippen LogP contribution in [0.25, 0.3) is 0 Å². The van der Waals surface area contributed by atoms with E-state index in [9.17, 15) is 0 Å². The van der Waals surface area contributed by atoms with Gasteiger partial charge in [-0.05, 0) is 13.3 Å². The molecule has 3 nitrogen and oxygen atoms in total. The molecule has 0 heterocycles. The fourth-order valence-corrected chi connectivity index (χ4v) is 0.917. The minimum atomic E-state index is 0.526. The monoisotopic (exact) mass is 145 g/mol. The molecular formula is C7H19N3. The molecule has 0 radical (unpaired) electrons. The maximum Gasteiger partial charge on any atom is 0.0567 e. The average Bonchev–Trinajstić information content (AvgIpc) is 1.99. The number of hydrazine groups is 1. The Kier molecular flexibility index (Phi) is 5.58. The molecule has 0 aliphatic heterocycles. The average molecular weight is 145 g/mol. The number of nitrogens with two attached hydrogens (primary N) is 1. The first kappa shape index (κ1) is 9.88. The number of rotatable bonds is 5. The van der Waals surface area contributed by atoms with E-state index in [1.165, 1.54) is 0 Å². The number of hydrogen-bond acceptors (Lipinski definition) is 3. The molecule has 0 rings (SSSR count). The lowest BCUT2D eigenvalue weighted by molar-refractivity contribution is 0.140. The molecule has 3 heteroatoms. The van der Waals surface area contributed by atoms with E-state index in [-0.39, 0.29) is 0 Å². The van der Waals surface area contributed by atoms with Gasteiger partial charge >= 0.3 is 0 Å². The zero-order valence-corrected chi connectivity index (χ0v) is 7.22. The van der Waals surface area contributed by atoms with Crippen LogP contribution in [-0.4, -0.2) is 24.3 Å². The fourth-order valence-electron chi connectivity index (χ4n) is 0.917. The van der Waals surface area contributed by atoms with Crippen LogP contribution in [0.1, 0.15) is 27.2 Å². The Labute approximate surface area is 63.5 Å². The van der Waals surface area contributed by atoms with Crippen LogP contribution >= 0.6 is 0 Å². The molecule has 0 fully saturated rings. The van der Waals surface area contributed by atoms with Crippen LogP contribution in [-0.2, 0) is 0 Å². The van der Waals surface area contributed by atoms with Gasteiger partial charge in [0, 0.05) is 12.6 Å². The van der Waals surface area contributed by atoms with Crippen LogP contribution in [0.2, 0.25) is 0 Å². The van der Waals surface area contributed by atoms with Gasteiger partial charge in [-0.15, -0.1) is 0 Å². The minimum Gasteiger partial charge on any atom is -0.317 e. The summed E-state index contributed by atoms with van der Waals surface area (Å²) in [6.45, 7) is 8.01. The highest BCUT2D eigenvalue weighted by atomic mass is 15.5. The van der Waals surface area contributed by atoms with Crippen molar-refractivity contribution in [2.24, 2.45) is 5.73 Å². The molecule has 0 saturated carbocycles. The molecular weight excluding hydrogens is 126 g/mol. The zero-order valence-electron chi connectivity index (χ0n) is 7.22. The highest BCUT2D eigenvalue weighted by Crippen LogP contribution is 1.97. The van der Waals surface area contributed by atoms with Gasteiger partial charge in [-0.3, -0.25) is 0 Å². The van der Waals surface area contributed by atoms with Gasteiger partial charge in [0.25, 0.3) is 0 Å². The van der Waals surface area contributed by atoms with E-state index in [0.717, 1.165) is 13.0 Å². The SMILES string of the molecule is CCC(C)N(CC)NCN. The summed E-state index contributed by atoms with van der Waals surface area (Å²) >= 11 is 0. The maximum absolute atomic E-state index is 5.34. The Bertz CT molecular complexity index is 75.3. The van der Waals surface area contributed by atoms with Crippen molar-refractivity contribution >= 4 is 0 Å². The first-order chi connectivity index (χ1) is 4.76. The Morgan fingerprint density at radius 2 is 2.10 bits per heavy atom.